The van der Waals surface area contributed by atoms with Crippen molar-refractivity contribution in [3.05, 3.63) is 75.5 Å². The zero-order valence-electron chi connectivity index (χ0n) is 18.5. The highest BCUT2D eigenvalue weighted by molar-refractivity contribution is 7.89. The molecule has 34 heavy (non-hydrogen) atoms. The van der Waals surface area contributed by atoms with Gasteiger partial charge in [-0.25, -0.2) is 9.52 Å². The number of aryl methyl sites for hydroxylation is 1. The van der Waals surface area contributed by atoms with Gasteiger partial charge in [-0.1, -0.05) is 24.3 Å². The average Bonchev–Trinajstić information content (AvgIpc) is 3.44. The smallest absolute Gasteiger partial charge is 0.333 e. The molecule has 2 aromatic carbocycles. The molecule has 3 N–H and O–H groups in total. The first-order valence-electron chi connectivity index (χ1n) is 10.5. The Morgan fingerprint density at radius 2 is 1.94 bits per heavy atom. The molecule has 4 rings (SSSR count). The molecule has 10 nitrogen and oxygen atoms in total. The van der Waals surface area contributed by atoms with Crippen LogP contribution in [0, 0.1) is 10.1 Å². The van der Waals surface area contributed by atoms with Crippen LogP contribution in [0.2, 0.25) is 0 Å². The number of carbonyl (C=O) groups is 1. The summed E-state index contributed by atoms with van der Waals surface area (Å²) in [6.07, 6.45) is 3.46. The second-order valence-electron chi connectivity index (χ2n) is 8.56. The molecule has 3 aromatic rings. The molecule has 1 heterocycles. The SMILES string of the molecule is CC(C)(O)c1coc(S(=O)(=O)NC(=O)Nc2c(-c3cccc([N+](=O)[O-])c3)ccc3c2CCC3)c1. The number of furan rings is 1. The molecular weight excluding hydrogens is 462 g/mol. The second-order valence-corrected chi connectivity index (χ2v) is 10.2. The Bertz CT molecular complexity index is 1390. The minimum atomic E-state index is -4.36. The Labute approximate surface area is 195 Å². The van der Waals surface area contributed by atoms with Gasteiger partial charge in [0.1, 0.15) is 0 Å². The van der Waals surface area contributed by atoms with Crippen LogP contribution >= 0.6 is 0 Å². The topological polar surface area (TPSA) is 152 Å². The first-order chi connectivity index (χ1) is 16.0. The van der Waals surface area contributed by atoms with E-state index in [1.54, 1.807) is 18.2 Å². The fraction of sp³-hybridized carbons (Fsp3) is 0.261. The van der Waals surface area contributed by atoms with Crippen LogP contribution in [0.25, 0.3) is 11.1 Å². The molecule has 0 aliphatic heterocycles. The van der Waals surface area contributed by atoms with Crippen molar-refractivity contribution in [3.8, 4) is 11.1 Å². The number of hydrogen-bond acceptors (Lipinski definition) is 7. The van der Waals surface area contributed by atoms with Gasteiger partial charge >= 0.3 is 6.03 Å². The summed E-state index contributed by atoms with van der Waals surface area (Å²) >= 11 is 0. The van der Waals surface area contributed by atoms with Crippen LogP contribution in [0.4, 0.5) is 16.2 Å². The number of nitro benzene ring substituents is 1. The van der Waals surface area contributed by atoms with Crippen LogP contribution in [-0.4, -0.2) is 24.5 Å². The Morgan fingerprint density at radius 3 is 2.62 bits per heavy atom. The van der Waals surface area contributed by atoms with Gasteiger partial charge in [0.2, 0.25) is 5.09 Å². The van der Waals surface area contributed by atoms with Crippen LogP contribution in [0.3, 0.4) is 0 Å². The van der Waals surface area contributed by atoms with E-state index in [0.717, 1.165) is 36.3 Å². The number of nitrogens with zero attached hydrogens (tertiary/aromatic N) is 1. The van der Waals surface area contributed by atoms with Gasteiger partial charge in [0, 0.05) is 29.3 Å². The maximum absolute atomic E-state index is 12.8. The highest BCUT2D eigenvalue weighted by Gasteiger charge is 2.27. The fourth-order valence-electron chi connectivity index (χ4n) is 3.93. The summed E-state index contributed by atoms with van der Waals surface area (Å²) in [5.41, 5.74) is 2.16. The number of aliphatic hydroxyl groups is 1. The maximum atomic E-state index is 12.8. The molecule has 0 radical (unpaired) electrons. The highest BCUT2D eigenvalue weighted by Crippen LogP contribution is 2.38. The lowest BCUT2D eigenvalue weighted by Gasteiger charge is -2.16. The van der Waals surface area contributed by atoms with Gasteiger partial charge in [0.05, 0.1) is 22.5 Å². The minimum absolute atomic E-state index is 0.101. The van der Waals surface area contributed by atoms with E-state index in [4.69, 9.17) is 4.42 Å². The van der Waals surface area contributed by atoms with Crippen molar-refractivity contribution in [2.75, 3.05) is 5.32 Å². The van der Waals surface area contributed by atoms with E-state index in [-0.39, 0.29) is 11.3 Å². The lowest BCUT2D eigenvalue weighted by atomic mass is 9.97. The van der Waals surface area contributed by atoms with E-state index < -0.39 is 31.7 Å². The molecule has 2 amide bonds. The summed E-state index contributed by atoms with van der Waals surface area (Å²) in [6, 6.07) is 9.81. The Kier molecular flexibility index (Phi) is 5.92. The number of carbonyl (C=O) groups excluding carboxylic acids is 1. The Morgan fingerprint density at radius 1 is 1.18 bits per heavy atom. The molecule has 1 aliphatic rings. The van der Waals surface area contributed by atoms with Crippen molar-refractivity contribution >= 4 is 27.4 Å². The third kappa shape index (κ3) is 4.66. The number of rotatable bonds is 6. The van der Waals surface area contributed by atoms with E-state index in [1.807, 2.05) is 10.8 Å². The van der Waals surface area contributed by atoms with Crippen molar-refractivity contribution in [2.45, 2.75) is 43.8 Å². The molecule has 1 aromatic heterocycles. The molecule has 0 unspecified atom stereocenters. The lowest BCUT2D eigenvalue weighted by molar-refractivity contribution is -0.384. The van der Waals surface area contributed by atoms with Crippen molar-refractivity contribution < 1.29 is 27.7 Å². The average molecular weight is 486 g/mol. The minimum Gasteiger partial charge on any atom is -0.451 e. The highest BCUT2D eigenvalue weighted by atomic mass is 32.2. The maximum Gasteiger partial charge on any atom is 0.333 e. The van der Waals surface area contributed by atoms with Gasteiger partial charge < -0.3 is 14.8 Å². The van der Waals surface area contributed by atoms with Crippen LogP contribution < -0.4 is 10.0 Å². The zero-order chi connectivity index (χ0) is 24.7. The molecule has 178 valence electrons. The first kappa shape index (κ1) is 23.5. The molecule has 0 saturated carbocycles. The van der Waals surface area contributed by atoms with Gasteiger partial charge in [-0.3, -0.25) is 10.1 Å². The normalized spacial score (nSPS) is 13.4. The third-order valence-electron chi connectivity index (χ3n) is 5.66. The van der Waals surface area contributed by atoms with E-state index >= 15 is 0 Å². The van der Waals surface area contributed by atoms with E-state index in [2.05, 4.69) is 5.32 Å². The quantitative estimate of drug-likeness (QED) is 0.351. The number of sulfonamides is 1. The van der Waals surface area contributed by atoms with Gasteiger partial charge in [-0.2, -0.15) is 8.42 Å². The van der Waals surface area contributed by atoms with Crippen LogP contribution in [-0.2, 0) is 28.5 Å². The summed E-state index contributed by atoms with van der Waals surface area (Å²) in [5.74, 6) is 0. The van der Waals surface area contributed by atoms with Crippen molar-refractivity contribution in [3.63, 3.8) is 0 Å². The summed E-state index contributed by atoms with van der Waals surface area (Å²) in [7, 11) is -4.36. The lowest BCUT2D eigenvalue weighted by Crippen LogP contribution is -2.34. The predicted molar refractivity (Wildman–Crippen MR) is 124 cm³/mol. The van der Waals surface area contributed by atoms with Crippen molar-refractivity contribution in [2.24, 2.45) is 0 Å². The third-order valence-corrected chi connectivity index (χ3v) is 6.86. The number of benzene rings is 2. The van der Waals surface area contributed by atoms with Gasteiger partial charge in [-0.05, 0) is 49.8 Å². The van der Waals surface area contributed by atoms with E-state index in [1.165, 1.54) is 26.0 Å². The fourth-order valence-corrected chi connectivity index (χ4v) is 4.78. The standard InChI is InChI=1S/C23H23N3O7S/c1-23(2,28)16-12-20(33-13-16)34(31,32)25-22(27)24-21-18-8-4-5-14(18)9-10-19(21)15-6-3-7-17(11-15)26(29)30/h3,6-7,9-13,28H,4-5,8H2,1-2H3,(H2,24,25,27). The Hall–Kier alpha value is -3.70. The predicted octanol–water partition coefficient (Wildman–Crippen LogP) is 4.08. The number of amides is 2. The number of nitro groups is 1. The molecule has 0 bridgehead atoms. The van der Waals surface area contributed by atoms with E-state index in [0.29, 0.717) is 23.2 Å². The molecule has 0 spiro atoms. The van der Waals surface area contributed by atoms with Crippen molar-refractivity contribution in [1.29, 1.82) is 0 Å². The summed E-state index contributed by atoms with van der Waals surface area (Å²) in [6.45, 7) is 2.94. The number of urea groups is 1. The van der Waals surface area contributed by atoms with Gasteiger partial charge in [0.15, 0.2) is 0 Å². The molecule has 1 aliphatic carbocycles. The summed E-state index contributed by atoms with van der Waals surface area (Å²) < 4.78 is 32.3. The molecular formula is C23H23N3O7S. The summed E-state index contributed by atoms with van der Waals surface area (Å²) in [5, 5.41) is 23.4. The number of fused-ring (bicyclic) bond motifs is 1. The molecule has 0 atom stereocenters. The number of anilines is 1. The largest absolute Gasteiger partial charge is 0.451 e. The van der Waals surface area contributed by atoms with Crippen molar-refractivity contribution in [1.82, 2.24) is 4.72 Å². The van der Waals surface area contributed by atoms with Crippen LogP contribution in [0.5, 0.6) is 0 Å². The number of nitrogens with one attached hydrogen (secondary N) is 2. The second kappa shape index (κ2) is 8.58. The van der Waals surface area contributed by atoms with Crippen LogP contribution in [0.1, 0.15) is 37.0 Å². The monoisotopic (exact) mass is 485 g/mol. The molecule has 0 saturated heterocycles. The molecule has 0 fully saturated rings. The number of hydrogen-bond donors (Lipinski definition) is 3. The van der Waals surface area contributed by atoms with Crippen LogP contribution in [0.15, 0.2) is 58.2 Å². The van der Waals surface area contributed by atoms with Gasteiger partial charge in [0.25, 0.3) is 15.7 Å². The summed E-state index contributed by atoms with van der Waals surface area (Å²) in [4.78, 5) is 23.5. The number of non-ortho nitro benzene ring substituents is 1. The van der Waals surface area contributed by atoms with Gasteiger partial charge in [-0.15, -0.1) is 0 Å². The Balaban J connectivity index is 1.65. The zero-order valence-corrected chi connectivity index (χ0v) is 19.3. The van der Waals surface area contributed by atoms with E-state index in [9.17, 15) is 28.4 Å². The molecule has 11 heteroatoms. The first-order valence-corrected chi connectivity index (χ1v) is 12.0.